The molecule has 2 saturated heterocycles. The molecule has 1 amide bonds. The summed E-state index contributed by atoms with van der Waals surface area (Å²) >= 11 is 0. The molecule has 2 heterocycles. The lowest BCUT2D eigenvalue weighted by atomic mass is 10.1. The molecule has 1 saturated carbocycles. The van der Waals surface area contributed by atoms with Crippen LogP contribution in [0, 0.1) is 0 Å². The Hall–Kier alpha value is -0.0300. The van der Waals surface area contributed by atoms with E-state index in [1.165, 1.54) is 19.3 Å². The summed E-state index contributed by atoms with van der Waals surface area (Å²) in [6.07, 6.45) is 6.87. The molecule has 2 N–H and O–H groups in total. The molecule has 0 aromatic heterocycles. The summed E-state index contributed by atoms with van der Waals surface area (Å²) in [5, 5.41) is 6.62. The number of amides is 1. The monoisotopic (exact) mass is 323 g/mol. The van der Waals surface area contributed by atoms with Gasteiger partial charge in [-0.3, -0.25) is 9.69 Å². The Morgan fingerprint density at radius 2 is 2.05 bits per heavy atom. The van der Waals surface area contributed by atoms with Crippen LogP contribution in [0.15, 0.2) is 0 Å². The highest BCUT2D eigenvalue weighted by atomic mass is 35.5. The van der Waals surface area contributed by atoms with E-state index < -0.39 is 0 Å². The Balaban J connectivity index is 0.000001000. The SMILES string of the molecule is CC1CC(NC(=O)CC2CCCN2)CN1C1CC1.Cl.Cl. The molecule has 3 rings (SSSR count). The van der Waals surface area contributed by atoms with Crippen molar-refractivity contribution in [2.45, 2.75) is 69.6 Å². The molecule has 1 aliphatic carbocycles. The second-order valence-corrected chi connectivity index (χ2v) is 6.27. The maximum atomic E-state index is 12.0. The Morgan fingerprint density at radius 1 is 1.30 bits per heavy atom. The number of halogens is 2. The molecule has 0 aromatic carbocycles. The normalized spacial score (nSPS) is 33.4. The lowest BCUT2D eigenvalue weighted by Crippen LogP contribution is -2.40. The number of nitrogens with one attached hydrogen (secondary N) is 2. The smallest absolute Gasteiger partial charge is 0.221 e. The van der Waals surface area contributed by atoms with Gasteiger partial charge in [-0.15, -0.1) is 24.8 Å². The average Bonchev–Trinajstić information content (AvgIpc) is 2.92. The quantitative estimate of drug-likeness (QED) is 0.828. The van der Waals surface area contributed by atoms with Gasteiger partial charge in [-0.2, -0.15) is 0 Å². The number of carbonyl (C=O) groups excluding carboxylic acids is 1. The highest BCUT2D eigenvalue weighted by Gasteiger charge is 2.39. The Kier molecular flexibility index (Phi) is 7.06. The van der Waals surface area contributed by atoms with E-state index >= 15 is 0 Å². The van der Waals surface area contributed by atoms with Gasteiger partial charge in [0, 0.05) is 37.1 Å². The lowest BCUT2D eigenvalue weighted by molar-refractivity contribution is -0.122. The van der Waals surface area contributed by atoms with Gasteiger partial charge in [0.2, 0.25) is 5.91 Å². The van der Waals surface area contributed by atoms with Crippen LogP contribution < -0.4 is 10.6 Å². The Bertz CT molecular complexity index is 320. The third-order valence-corrected chi connectivity index (χ3v) is 4.60. The molecule has 20 heavy (non-hydrogen) atoms. The highest BCUT2D eigenvalue weighted by Crippen LogP contribution is 2.33. The summed E-state index contributed by atoms with van der Waals surface area (Å²) in [6, 6.07) is 2.27. The number of hydrogen-bond acceptors (Lipinski definition) is 3. The Labute approximate surface area is 134 Å². The molecule has 2 aliphatic heterocycles. The van der Waals surface area contributed by atoms with Crippen molar-refractivity contribution in [1.82, 2.24) is 15.5 Å². The first kappa shape index (κ1) is 18.0. The van der Waals surface area contributed by atoms with Crippen LogP contribution in [0.25, 0.3) is 0 Å². The zero-order valence-electron chi connectivity index (χ0n) is 12.1. The molecule has 0 radical (unpaired) electrons. The standard InChI is InChI=1S/C14H25N3O.2ClH/c1-10-7-12(9-17(10)13-4-5-13)16-14(18)8-11-3-2-6-15-11;;/h10-13,15H,2-9H2,1H3,(H,16,18);2*1H. The van der Waals surface area contributed by atoms with E-state index in [0.717, 1.165) is 32.0 Å². The summed E-state index contributed by atoms with van der Waals surface area (Å²) in [7, 11) is 0. The van der Waals surface area contributed by atoms with E-state index in [-0.39, 0.29) is 30.7 Å². The fourth-order valence-electron chi connectivity index (χ4n) is 3.52. The van der Waals surface area contributed by atoms with Crippen molar-refractivity contribution in [2.75, 3.05) is 13.1 Å². The minimum Gasteiger partial charge on any atom is -0.352 e. The summed E-state index contributed by atoms with van der Waals surface area (Å²) in [4.78, 5) is 14.6. The topological polar surface area (TPSA) is 44.4 Å². The van der Waals surface area contributed by atoms with Gasteiger partial charge in [-0.25, -0.2) is 0 Å². The molecule has 118 valence electrons. The molecule has 6 heteroatoms. The van der Waals surface area contributed by atoms with Crippen LogP contribution in [-0.2, 0) is 4.79 Å². The number of rotatable bonds is 4. The van der Waals surface area contributed by atoms with Gasteiger partial charge >= 0.3 is 0 Å². The van der Waals surface area contributed by atoms with Crippen LogP contribution in [0.1, 0.15) is 45.4 Å². The third-order valence-electron chi connectivity index (χ3n) is 4.60. The summed E-state index contributed by atoms with van der Waals surface area (Å²) < 4.78 is 0. The Morgan fingerprint density at radius 3 is 2.65 bits per heavy atom. The van der Waals surface area contributed by atoms with Crippen molar-refractivity contribution < 1.29 is 4.79 Å². The molecular weight excluding hydrogens is 297 g/mol. The van der Waals surface area contributed by atoms with Crippen molar-refractivity contribution in [1.29, 1.82) is 0 Å². The van der Waals surface area contributed by atoms with Crippen LogP contribution >= 0.6 is 24.8 Å². The van der Waals surface area contributed by atoms with E-state index in [1.807, 2.05) is 0 Å². The van der Waals surface area contributed by atoms with Gasteiger partial charge in [0.1, 0.15) is 0 Å². The van der Waals surface area contributed by atoms with Crippen molar-refractivity contribution in [3.63, 3.8) is 0 Å². The summed E-state index contributed by atoms with van der Waals surface area (Å²) in [5.74, 6) is 0.240. The fourth-order valence-corrected chi connectivity index (χ4v) is 3.52. The third kappa shape index (κ3) is 4.48. The number of likely N-dealkylation sites (tertiary alicyclic amines) is 1. The predicted octanol–water partition coefficient (Wildman–Crippen LogP) is 1.71. The van der Waals surface area contributed by atoms with Gasteiger partial charge in [0.05, 0.1) is 0 Å². The van der Waals surface area contributed by atoms with E-state index in [4.69, 9.17) is 0 Å². The van der Waals surface area contributed by atoms with Crippen molar-refractivity contribution in [3.8, 4) is 0 Å². The molecule has 3 aliphatic rings. The second kappa shape index (κ2) is 7.83. The zero-order valence-corrected chi connectivity index (χ0v) is 13.8. The molecule has 0 aromatic rings. The van der Waals surface area contributed by atoms with Crippen LogP contribution in [0.3, 0.4) is 0 Å². The maximum absolute atomic E-state index is 12.0. The van der Waals surface area contributed by atoms with Gasteiger partial charge in [-0.05, 0) is 45.6 Å². The highest BCUT2D eigenvalue weighted by molar-refractivity contribution is 5.85. The molecule has 0 spiro atoms. The minimum atomic E-state index is 0. The number of hydrogen-bond donors (Lipinski definition) is 2. The van der Waals surface area contributed by atoms with Crippen molar-refractivity contribution in [2.24, 2.45) is 0 Å². The van der Waals surface area contributed by atoms with E-state index in [9.17, 15) is 4.79 Å². The molecular formula is C14H27Cl2N3O. The molecule has 0 bridgehead atoms. The van der Waals surface area contributed by atoms with Crippen LogP contribution in [-0.4, -0.2) is 48.1 Å². The summed E-state index contributed by atoms with van der Waals surface area (Å²) in [6.45, 7) is 4.44. The first-order valence-electron chi connectivity index (χ1n) is 7.51. The first-order chi connectivity index (χ1) is 8.72. The van der Waals surface area contributed by atoms with Gasteiger partial charge < -0.3 is 10.6 Å². The summed E-state index contributed by atoms with van der Waals surface area (Å²) in [5.41, 5.74) is 0. The first-order valence-corrected chi connectivity index (χ1v) is 7.51. The average molecular weight is 324 g/mol. The van der Waals surface area contributed by atoms with Gasteiger partial charge in [0.25, 0.3) is 0 Å². The molecule has 4 nitrogen and oxygen atoms in total. The van der Waals surface area contributed by atoms with Crippen LogP contribution in [0.2, 0.25) is 0 Å². The van der Waals surface area contributed by atoms with Crippen molar-refractivity contribution in [3.05, 3.63) is 0 Å². The van der Waals surface area contributed by atoms with E-state index in [1.54, 1.807) is 0 Å². The van der Waals surface area contributed by atoms with E-state index in [0.29, 0.717) is 24.5 Å². The lowest BCUT2D eigenvalue weighted by Gasteiger charge is -2.20. The molecule has 3 unspecified atom stereocenters. The van der Waals surface area contributed by atoms with E-state index in [2.05, 4.69) is 22.5 Å². The largest absolute Gasteiger partial charge is 0.352 e. The molecule has 3 fully saturated rings. The maximum Gasteiger partial charge on any atom is 0.221 e. The van der Waals surface area contributed by atoms with Crippen molar-refractivity contribution >= 4 is 30.7 Å². The van der Waals surface area contributed by atoms with Crippen LogP contribution in [0.4, 0.5) is 0 Å². The number of nitrogens with zero attached hydrogens (tertiary/aromatic N) is 1. The fraction of sp³-hybridized carbons (Fsp3) is 0.929. The number of carbonyl (C=O) groups is 1. The van der Waals surface area contributed by atoms with Crippen LogP contribution in [0.5, 0.6) is 0 Å². The second-order valence-electron chi connectivity index (χ2n) is 6.27. The minimum absolute atomic E-state index is 0. The zero-order chi connectivity index (χ0) is 12.5. The predicted molar refractivity (Wildman–Crippen MR) is 85.9 cm³/mol. The molecule has 3 atom stereocenters. The van der Waals surface area contributed by atoms with Gasteiger partial charge in [0.15, 0.2) is 0 Å². The van der Waals surface area contributed by atoms with Gasteiger partial charge in [-0.1, -0.05) is 0 Å².